The van der Waals surface area contributed by atoms with Crippen molar-refractivity contribution in [1.82, 2.24) is 5.32 Å². The van der Waals surface area contributed by atoms with Gasteiger partial charge in [0.2, 0.25) is 0 Å². The Kier molecular flexibility index (Phi) is 4.33. The Bertz CT molecular complexity index is 289. The Morgan fingerprint density at radius 1 is 1.59 bits per heavy atom. The highest BCUT2D eigenvalue weighted by atomic mass is 16.6. The van der Waals surface area contributed by atoms with E-state index in [1.165, 1.54) is 0 Å². The van der Waals surface area contributed by atoms with Gasteiger partial charge < -0.3 is 20.1 Å². The molecule has 2 atom stereocenters. The van der Waals surface area contributed by atoms with Crippen LogP contribution in [-0.4, -0.2) is 50.3 Å². The molecule has 2 aliphatic heterocycles. The zero-order valence-corrected chi connectivity index (χ0v) is 9.81. The maximum Gasteiger partial charge on any atom is 0.312 e. The second kappa shape index (κ2) is 5.97. The highest BCUT2D eigenvalue weighted by Gasteiger charge is 2.29. The van der Waals surface area contributed by atoms with Gasteiger partial charge in [0.25, 0.3) is 5.91 Å². The van der Waals surface area contributed by atoms with E-state index in [2.05, 4.69) is 5.32 Å². The zero-order chi connectivity index (χ0) is 12.1. The van der Waals surface area contributed by atoms with E-state index in [0.29, 0.717) is 13.2 Å². The van der Waals surface area contributed by atoms with E-state index in [0.717, 1.165) is 26.0 Å². The lowest BCUT2D eigenvalue weighted by atomic mass is 10.1. The third kappa shape index (κ3) is 3.67. The fourth-order valence-electron chi connectivity index (χ4n) is 2.09. The lowest BCUT2D eigenvalue weighted by Gasteiger charge is -2.19. The van der Waals surface area contributed by atoms with Crippen LogP contribution in [0.15, 0.2) is 0 Å². The molecule has 2 heterocycles. The molecule has 2 saturated heterocycles. The van der Waals surface area contributed by atoms with Gasteiger partial charge in [0, 0.05) is 6.61 Å². The summed E-state index contributed by atoms with van der Waals surface area (Å²) in [4.78, 5) is 23.0. The zero-order valence-electron chi connectivity index (χ0n) is 9.81. The smallest absolute Gasteiger partial charge is 0.312 e. The number of ether oxygens (including phenoxy) is 2. The first kappa shape index (κ1) is 12.3. The molecule has 1 amide bonds. The Labute approximate surface area is 100 Å². The summed E-state index contributed by atoms with van der Waals surface area (Å²) in [6, 6.07) is -0.333. The number of carbonyl (C=O) groups excluding carboxylic acids is 2. The van der Waals surface area contributed by atoms with Crippen LogP contribution >= 0.6 is 0 Å². The molecule has 6 heteroatoms. The van der Waals surface area contributed by atoms with E-state index in [-0.39, 0.29) is 30.4 Å². The molecular formula is C11H19N2O4+. The fraction of sp³-hybridized carbons (Fsp3) is 0.818. The van der Waals surface area contributed by atoms with Crippen LogP contribution < -0.4 is 10.6 Å². The molecule has 0 bridgehead atoms. The second-order valence-electron chi connectivity index (χ2n) is 4.44. The number of piperazine rings is 1. The molecule has 0 aromatic carbocycles. The Morgan fingerprint density at radius 2 is 2.47 bits per heavy atom. The molecule has 0 radical (unpaired) electrons. The van der Waals surface area contributed by atoms with E-state index in [4.69, 9.17) is 9.47 Å². The molecule has 6 nitrogen and oxygen atoms in total. The van der Waals surface area contributed by atoms with Crippen molar-refractivity contribution in [2.75, 3.05) is 26.3 Å². The summed E-state index contributed by atoms with van der Waals surface area (Å²) in [5.41, 5.74) is 0. The highest BCUT2D eigenvalue weighted by Crippen LogP contribution is 2.12. The minimum absolute atomic E-state index is 0.0445. The van der Waals surface area contributed by atoms with Crippen LogP contribution in [0.25, 0.3) is 0 Å². The quantitative estimate of drug-likeness (QED) is 0.569. The molecule has 2 aliphatic rings. The number of esters is 1. The van der Waals surface area contributed by atoms with Crippen molar-refractivity contribution in [2.45, 2.75) is 31.4 Å². The van der Waals surface area contributed by atoms with Gasteiger partial charge >= 0.3 is 5.97 Å². The molecule has 0 aromatic rings. The summed E-state index contributed by atoms with van der Waals surface area (Å²) in [5.74, 6) is -0.399. The second-order valence-corrected chi connectivity index (χ2v) is 4.44. The van der Waals surface area contributed by atoms with E-state index < -0.39 is 0 Å². The van der Waals surface area contributed by atoms with Gasteiger partial charge in [-0.05, 0) is 12.8 Å². The van der Waals surface area contributed by atoms with Crippen molar-refractivity contribution in [3.63, 3.8) is 0 Å². The van der Waals surface area contributed by atoms with Crippen molar-refractivity contribution in [3.8, 4) is 0 Å². The molecular weight excluding hydrogens is 224 g/mol. The number of hydrogen-bond donors (Lipinski definition) is 2. The monoisotopic (exact) mass is 243 g/mol. The van der Waals surface area contributed by atoms with Gasteiger partial charge in [-0.15, -0.1) is 0 Å². The molecule has 0 aromatic heterocycles. The molecule has 96 valence electrons. The Balaban J connectivity index is 1.67. The summed E-state index contributed by atoms with van der Waals surface area (Å²) in [6.07, 6.45) is 2.16. The Hall–Kier alpha value is -1.14. The van der Waals surface area contributed by atoms with Crippen LogP contribution in [0.3, 0.4) is 0 Å². The molecule has 17 heavy (non-hydrogen) atoms. The average Bonchev–Trinajstić information content (AvgIpc) is 2.82. The van der Waals surface area contributed by atoms with Crippen molar-refractivity contribution < 1.29 is 24.4 Å². The predicted molar refractivity (Wildman–Crippen MR) is 58.1 cm³/mol. The van der Waals surface area contributed by atoms with Gasteiger partial charge in [-0.2, -0.15) is 0 Å². The van der Waals surface area contributed by atoms with Crippen LogP contribution in [0.5, 0.6) is 0 Å². The summed E-state index contributed by atoms with van der Waals surface area (Å²) >= 11 is 0. The molecule has 0 saturated carbocycles. The maximum absolute atomic E-state index is 11.5. The number of amides is 1. The predicted octanol–water partition coefficient (Wildman–Crippen LogP) is -1.84. The van der Waals surface area contributed by atoms with Crippen molar-refractivity contribution >= 4 is 11.9 Å². The summed E-state index contributed by atoms with van der Waals surface area (Å²) in [5, 5.41) is 4.61. The van der Waals surface area contributed by atoms with Crippen molar-refractivity contribution in [3.05, 3.63) is 0 Å². The third-order valence-electron chi connectivity index (χ3n) is 3.07. The van der Waals surface area contributed by atoms with Gasteiger partial charge in [-0.25, -0.2) is 0 Å². The number of rotatable bonds is 4. The van der Waals surface area contributed by atoms with Crippen LogP contribution in [0.2, 0.25) is 0 Å². The van der Waals surface area contributed by atoms with E-state index in [1.54, 1.807) is 0 Å². The van der Waals surface area contributed by atoms with Gasteiger partial charge in [0.1, 0.15) is 13.0 Å². The molecule has 2 fully saturated rings. The molecule has 0 spiro atoms. The Morgan fingerprint density at radius 3 is 3.18 bits per heavy atom. The van der Waals surface area contributed by atoms with Gasteiger partial charge in [-0.1, -0.05) is 0 Å². The lowest BCUT2D eigenvalue weighted by molar-refractivity contribution is -0.678. The first-order chi connectivity index (χ1) is 8.25. The van der Waals surface area contributed by atoms with E-state index >= 15 is 0 Å². The molecule has 0 unspecified atom stereocenters. The first-order valence-electron chi connectivity index (χ1n) is 6.14. The minimum atomic E-state index is -0.333. The average molecular weight is 243 g/mol. The molecule has 3 N–H and O–H groups in total. The van der Waals surface area contributed by atoms with Gasteiger partial charge in [0.15, 0.2) is 6.04 Å². The summed E-state index contributed by atoms with van der Waals surface area (Å²) in [7, 11) is 0. The van der Waals surface area contributed by atoms with Crippen molar-refractivity contribution in [1.29, 1.82) is 0 Å². The normalized spacial score (nSPS) is 28.8. The van der Waals surface area contributed by atoms with Crippen LogP contribution in [-0.2, 0) is 19.1 Å². The van der Waals surface area contributed by atoms with Crippen LogP contribution in [0, 0.1) is 0 Å². The molecule has 0 aliphatic carbocycles. The maximum atomic E-state index is 11.5. The van der Waals surface area contributed by atoms with Gasteiger partial charge in [-0.3, -0.25) is 9.59 Å². The first-order valence-corrected chi connectivity index (χ1v) is 6.14. The fourth-order valence-corrected chi connectivity index (χ4v) is 2.09. The molecule has 2 rings (SSSR count). The highest BCUT2D eigenvalue weighted by molar-refractivity contribution is 5.85. The number of quaternary nitrogens is 1. The largest absolute Gasteiger partial charge is 0.463 e. The van der Waals surface area contributed by atoms with E-state index in [9.17, 15) is 9.59 Å². The number of hydrogen-bond acceptors (Lipinski definition) is 4. The number of nitrogens with two attached hydrogens (primary N) is 1. The summed E-state index contributed by atoms with van der Waals surface area (Å²) in [6.45, 7) is 2.55. The number of carbonyl (C=O) groups is 2. The minimum Gasteiger partial charge on any atom is -0.463 e. The van der Waals surface area contributed by atoms with E-state index in [1.807, 2.05) is 5.32 Å². The van der Waals surface area contributed by atoms with Crippen molar-refractivity contribution in [2.24, 2.45) is 0 Å². The standard InChI is InChI=1S/C11H18N2O4/c14-10(17-7-8-2-1-5-16-8)6-9-11(15)13-4-3-12-9/h8-9,12H,1-7H2,(H,13,15)/p+1/t8-,9-/m0/s1. The lowest BCUT2D eigenvalue weighted by Crippen LogP contribution is -2.96. The van der Waals surface area contributed by atoms with Crippen LogP contribution in [0.1, 0.15) is 19.3 Å². The topological polar surface area (TPSA) is 81.2 Å². The third-order valence-corrected chi connectivity index (χ3v) is 3.07. The van der Waals surface area contributed by atoms with Crippen LogP contribution in [0.4, 0.5) is 0 Å². The van der Waals surface area contributed by atoms with Gasteiger partial charge in [0.05, 0.1) is 19.2 Å². The SMILES string of the molecule is O=C(C[C@@H]1[NH2+]CCNC1=O)OC[C@@H]1CCCO1. The summed E-state index contributed by atoms with van der Waals surface area (Å²) < 4.78 is 10.5. The number of nitrogens with one attached hydrogen (secondary N) is 1.